The number of aromatic nitrogens is 2. The van der Waals surface area contributed by atoms with Crippen molar-refractivity contribution in [1.29, 1.82) is 0 Å². The molecule has 1 saturated heterocycles. The van der Waals surface area contributed by atoms with Gasteiger partial charge in [0.05, 0.1) is 20.3 Å². The molecule has 208 valence electrons. The predicted molar refractivity (Wildman–Crippen MR) is 142 cm³/mol. The third-order valence-corrected chi connectivity index (χ3v) is 11.4. The number of carbonyl (C=O) groups is 2. The smallest absolute Gasteiger partial charge is 0.351 e. The van der Waals surface area contributed by atoms with E-state index in [9.17, 15) is 19.5 Å². The first-order chi connectivity index (χ1) is 17.7. The highest BCUT2D eigenvalue weighted by atomic mass is 28.4. The van der Waals surface area contributed by atoms with E-state index in [1.165, 1.54) is 26.3 Å². The van der Waals surface area contributed by atoms with Crippen LogP contribution in [0.2, 0.25) is 18.1 Å². The van der Waals surface area contributed by atoms with Gasteiger partial charge < -0.3 is 29.1 Å². The van der Waals surface area contributed by atoms with Crippen LogP contribution >= 0.6 is 0 Å². The lowest BCUT2D eigenvalue weighted by molar-refractivity contribution is -0.191. The summed E-state index contributed by atoms with van der Waals surface area (Å²) in [7, 11) is -1.38. The van der Waals surface area contributed by atoms with Gasteiger partial charge in [-0.3, -0.25) is 9.36 Å². The molecule has 0 aliphatic carbocycles. The van der Waals surface area contributed by atoms with Gasteiger partial charge in [-0.25, -0.2) is 9.59 Å². The molecule has 3 rings (SSSR count). The number of amides is 1. The second-order valence-electron chi connectivity index (χ2n) is 10.8. The first kappa shape index (κ1) is 29.6. The molecule has 11 nitrogen and oxygen atoms in total. The maximum atomic E-state index is 13.4. The number of methoxy groups -OCH3 is 1. The highest BCUT2D eigenvalue weighted by molar-refractivity contribution is 6.74. The van der Waals surface area contributed by atoms with Gasteiger partial charge in [0.2, 0.25) is 11.5 Å². The summed E-state index contributed by atoms with van der Waals surface area (Å²) < 4.78 is 24.9. The summed E-state index contributed by atoms with van der Waals surface area (Å²) >= 11 is 0. The number of nitrogens with one attached hydrogen (secondary N) is 1. The fourth-order valence-electron chi connectivity index (χ4n) is 3.92. The number of aliphatic hydroxyl groups is 1. The molecule has 2 N–H and O–H groups in total. The van der Waals surface area contributed by atoms with Crippen molar-refractivity contribution in [2.75, 3.05) is 19.0 Å². The molecule has 0 radical (unpaired) electrons. The standard InChI is InChI=1S/C26H37N3O8Si/c1-17(30)27-19-13-14-29(24(33)28-19)22-20(31)21(37-38(6,7)25(2,3)4)26(36-22,23(32)34-5)16-35-15-18-11-9-8-10-12-18/h8-14,20-22,31H,15-16H2,1-7H3,(H,27,28,30,33)/t20-,21+,22+,26-/m1/s1. The normalized spacial score (nSPS) is 23.7. The Bertz CT molecular complexity index is 1200. The average Bonchev–Trinajstić information content (AvgIpc) is 3.10. The molecule has 0 saturated carbocycles. The number of hydrogen-bond donors (Lipinski definition) is 2. The number of carbonyl (C=O) groups excluding carboxylic acids is 2. The molecule has 2 aromatic rings. The van der Waals surface area contributed by atoms with E-state index in [4.69, 9.17) is 18.6 Å². The van der Waals surface area contributed by atoms with Crippen molar-refractivity contribution in [2.45, 2.75) is 76.5 Å². The van der Waals surface area contributed by atoms with E-state index in [2.05, 4.69) is 10.3 Å². The summed E-state index contributed by atoms with van der Waals surface area (Å²) in [5, 5.41) is 13.7. The molecule has 1 fully saturated rings. The molecule has 0 unspecified atom stereocenters. The molecule has 12 heteroatoms. The van der Waals surface area contributed by atoms with Crippen molar-refractivity contribution in [3.05, 3.63) is 58.6 Å². The molecule has 4 atom stereocenters. The lowest BCUT2D eigenvalue weighted by Gasteiger charge is -2.42. The van der Waals surface area contributed by atoms with Gasteiger partial charge in [0.25, 0.3) is 0 Å². The largest absolute Gasteiger partial charge is 0.467 e. The van der Waals surface area contributed by atoms with E-state index >= 15 is 0 Å². The molecule has 1 amide bonds. The lowest BCUT2D eigenvalue weighted by Crippen LogP contribution is -2.59. The highest BCUT2D eigenvalue weighted by Crippen LogP contribution is 2.45. The van der Waals surface area contributed by atoms with E-state index in [0.717, 1.165) is 10.1 Å². The van der Waals surface area contributed by atoms with Gasteiger partial charge in [-0.1, -0.05) is 51.1 Å². The van der Waals surface area contributed by atoms with Crippen LogP contribution in [-0.2, 0) is 34.8 Å². The summed E-state index contributed by atoms with van der Waals surface area (Å²) in [5.41, 5.74) is -1.80. The Morgan fingerprint density at radius 1 is 1.21 bits per heavy atom. The molecule has 2 heterocycles. The van der Waals surface area contributed by atoms with E-state index in [1.807, 2.05) is 64.2 Å². The van der Waals surface area contributed by atoms with Crippen molar-refractivity contribution in [1.82, 2.24) is 9.55 Å². The Morgan fingerprint density at radius 3 is 2.42 bits per heavy atom. The maximum absolute atomic E-state index is 13.4. The van der Waals surface area contributed by atoms with Crippen molar-refractivity contribution in [3.63, 3.8) is 0 Å². The molecule has 1 aromatic heterocycles. The Labute approximate surface area is 223 Å². The summed E-state index contributed by atoms with van der Waals surface area (Å²) in [6.07, 6.45) is -2.67. The predicted octanol–water partition coefficient (Wildman–Crippen LogP) is 2.61. The minimum Gasteiger partial charge on any atom is -0.467 e. The number of rotatable bonds is 9. The van der Waals surface area contributed by atoms with Crippen LogP contribution in [0.3, 0.4) is 0 Å². The second-order valence-corrected chi connectivity index (χ2v) is 15.6. The van der Waals surface area contributed by atoms with Crippen LogP contribution in [0.5, 0.6) is 0 Å². The van der Waals surface area contributed by atoms with Crippen LogP contribution in [0, 0.1) is 0 Å². The van der Waals surface area contributed by atoms with E-state index in [1.54, 1.807) is 0 Å². The number of ether oxygens (including phenoxy) is 3. The van der Waals surface area contributed by atoms with Gasteiger partial charge in [-0.15, -0.1) is 0 Å². The third kappa shape index (κ3) is 6.21. The van der Waals surface area contributed by atoms with Gasteiger partial charge in [0.1, 0.15) is 18.0 Å². The Balaban J connectivity index is 2.03. The lowest BCUT2D eigenvalue weighted by atomic mass is 9.96. The molecule has 38 heavy (non-hydrogen) atoms. The van der Waals surface area contributed by atoms with Crippen molar-refractivity contribution in [2.24, 2.45) is 0 Å². The van der Waals surface area contributed by atoms with Crippen LogP contribution in [0.15, 0.2) is 47.4 Å². The number of aliphatic hydroxyl groups excluding tert-OH is 1. The van der Waals surface area contributed by atoms with Crippen LogP contribution in [0.4, 0.5) is 5.82 Å². The van der Waals surface area contributed by atoms with Crippen LogP contribution in [0.25, 0.3) is 0 Å². The molecule has 0 spiro atoms. The molecule has 1 aliphatic rings. The summed E-state index contributed by atoms with van der Waals surface area (Å²) in [5.74, 6) is -1.15. The van der Waals surface area contributed by atoms with Crippen molar-refractivity contribution >= 4 is 26.0 Å². The zero-order chi connectivity index (χ0) is 28.3. The monoisotopic (exact) mass is 547 g/mol. The third-order valence-electron chi connectivity index (χ3n) is 6.99. The first-order valence-electron chi connectivity index (χ1n) is 12.3. The zero-order valence-corrected chi connectivity index (χ0v) is 23.9. The van der Waals surface area contributed by atoms with E-state index in [-0.39, 0.29) is 24.1 Å². The van der Waals surface area contributed by atoms with Crippen molar-refractivity contribution in [3.8, 4) is 0 Å². The minimum absolute atomic E-state index is 0.0470. The number of benzene rings is 1. The second kappa shape index (κ2) is 11.5. The minimum atomic E-state index is -2.59. The summed E-state index contributed by atoms with van der Waals surface area (Å²) in [4.78, 5) is 41.5. The zero-order valence-electron chi connectivity index (χ0n) is 22.9. The number of esters is 1. The van der Waals surface area contributed by atoms with Crippen LogP contribution in [-0.4, -0.2) is 66.4 Å². The van der Waals surface area contributed by atoms with Crippen LogP contribution < -0.4 is 11.0 Å². The Kier molecular flexibility index (Phi) is 8.94. The number of hydrogen-bond acceptors (Lipinski definition) is 9. The number of anilines is 1. The Morgan fingerprint density at radius 2 is 1.87 bits per heavy atom. The SMILES string of the molecule is COC(=O)[C@]1(COCc2ccccc2)O[C@H](n2ccc(NC(C)=O)nc2=O)[C@H](O)[C@@H]1O[Si](C)(C)C(C)(C)C. The van der Waals surface area contributed by atoms with Crippen LogP contribution in [0.1, 0.15) is 39.5 Å². The molecular weight excluding hydrogens is 510 g/mol. The highest BCUT2D eigenvalue weighted by Gasteiger charge is 2.64. The fourth-order valence-corrected chi connectivity index (χ4v) is 5.24. The summed E-state index contributed by atoms with van der Waals surface area (Å²) in [6, 6.07) is 10.8. The topological polar surface area (TPSA) is 138 Å². The van der Waals surface area contributed by atoms with E-state index < -0.39 is 49.9 Å². The van der Waals surface area contributed by atoms with Gasteiger partial charge in [-0.2, -0.15) is 4.98 Å². The van der Waals surface area contributed by atoms with Crippen molar-refractivity contribution < 1.29 is 33.3 Å². The quantitative estimate of drug-likeness (QED) is 0.358. The first-order valence-corrected chi connectivity index (χ1v) is 15.2. The maximum Gasteiger partial charge on any atom is 0.351 e. The van der Waals surface area contributed by atoms with E-state index in [0.29, 0.717) is 0 Å². The molecule has 0 bridgehead atoms. The van der Waals surface area contributed by atoms with Gasteiger partial charge >= 0.3 is 11.7 Å². The molecule has 1 aliphatic heterocycles. The molecular formula is C26H37N3O8Si. The molecule has 1 aromatic carbocycles. The average molecular weight is 548 g/mol. The number of nitrogens with zero attached hydrogens (tertiary/aromatic N) is 2. The van der Waals surface area contributed by atoms with Gasteiger partial charge in [0.15, 0.2) is 14.5 Å². The Hall–Kier alpha value is -2.90. The van der Waals surface area contributed by atoms with Gasteiger partial charge in [-0.05, 0) is 29.8 Å². The fraction of sp³-hybridized carbons (Fsp3) is 0.538. The summed E-state index contributed by atoms with van der Waals surface area (Å²) in [6.45, 7) is 11.2. The van der Waals surface area contributed by atoms with Gasteiger partial charge in [0, 0.05) is 13.1 Å².